The molecule has 0 unspecified atom stereocenters. The number of nitrogens with zero attached hydrogens (tertiary/aromatic N) is 2. The Labute approximate surface area is 195 Å². The van der Waals surface area contributed by atoms with Gasteiger partial charge < -0.3 is 14.0 Å². The SMILES string of the molecule is CC(C)c1nc2ccccc2n1Cc1ccc(-c2ccccc2OC(=O)OC(C)(C)C)cc1. The molecule has 0 aliphatic heterocycles. The van der Waals surface area contributed by atoms with Gasteiger partial charge in [0, 0.05) is 18.0 Å². The Morgan fingerprint density at radius 2 is 1.61 bits per heavy atom. The molecule has 4 rings (SSSR count). The number of ether oxygens (including phenoxy) is 2. The van der Waals surface area contributed by atoms with E-state index in [0.29, 0.717) is 11.7 Å². The van der Waals surface area contributed by atoms with Gasteiger partial charge >= 0.3 is 6.16 Å². The molecule has 1 heterocycles. The molecule has 4 aromatic rings. The molecule has 0 N–H and O–H groups in total. The van der Waals surface area contributed by atoms with Gasteiger partial charge in [-0.05, 0) is 50.1 Å². The topological polar surface area (TPSA) is 53.4 Å². The zero-order chi connectivity index (χ0) is 23.6. The number of benzene rings is 3. The average Bonchev–Trinajstić information content (AvgIpc) is 3.12. The highest BCUT2D eigenvalue weighted by atomic mass is 16.7. The van der Waals surface area contributed by atoms with Crippen LogP contribution in [0.1, 0.15) is 51.9 Å². The Balaban J connectivity index is 1.59. The van der Waals surface area contributed by atoms with E-state index in [1.807, 2.05) is 45.0 Å². The standard InChI is InChI=1S/C28H30N2O3/c1-19(2)26-29-23-11-7-8-12-24(23)30(26)18-20-14-16-21(17-15-20)22-10-6-9-13-25(22)32-27(31)33-28(3,4)5/h6-17,19H,18H2,1-5H3. The normalized spacial score (nSPS) is 11.7. The van der Waals surface area contributed by atoms with Crippen molar-refractivity contribution in [2.24, 2.45) is 0 Å². The third-order valence-electron chi connectivity index (χ3n) is 5.28. The molecule has 33 heavy (non-hydrogen) atoms. The summed E-state index contributed by atoms with van der Waals surface area (Å²) in [5.74, 6) is 1.88. The first-order chi connectivity index (χ1) is 15.7. The van der Waals surface area contributed by atoms with E-state index in [1.54, 1.807) is 6.07 Å². The molecule has 0 amide bonds. The highest BCUT2D eigenvalue weighted by Gasteiger charge is 2.19. The molecule has 0 aliphatic carbocycles. The van der Waals surface area contributed by atoms with Crippen LogP contribution in [0.4, 0.5) is 4.79 Å². The predicted octanol–water partition coefficient (Wildman–Crippen LogP) is 7.19. The molecule has 0 fully saturated rings. The number of hydrogen-bond acceptors (Lipinski definition) is 4. The Morgan fingerprint density at radius 3 is 2.30 bits per heavy atom. The van der Waals surface area contributed by atoms with E-state index in [0.717, 1.165) is 34.5 Å². The lowest BCUT2D eigenvalue weighted by molar-refractivity contribution is 0.0207. The van der Waals surface area contributed by atoms with Crippen LogP contribution in [-0.2, 0) is 11.3 Å². The van der Waals surface area contributed by atoms with Crippen LogP contribution in [0, 0.1) is 0 Å². The largest absolute Gasteiger partial charge is 0.514 e. The van der Waals surface area contributed by atoms with E-state index >= 15 is 0 Å². The van der Waals surface area contributed by atoms with E-state index < -0.39 is 11.8 Å². The molecule has 0 atom stereocenters. The lowest BCUT2D eigenvalue weighted by atomic mass is 10.0. The first-order valence-electron chi connectivity index (χ1n) is 11.3. The molecule has 0 aliphatic rings. The van der Waals surface area contributed by atoms with E-state index in [-0.39, 0.29) is 0 Å². The van der Waals surface area contributed by atoms with Gasteiger partial charge in [-0.2, -0.15) is 0 Å². The summed E-state index contributed by atoms with van der Waals surface area (Å²) < 4.78 is 13.1. The van der Waals surface area contributed by atoms with Crippen LogP contribution in [-0.4, -0.2) is 21.3 Å². The Morgan fingerprint density at radius 1 is 0.939 bits per heavy atom. The molecule has 0 bridgehead atoms. The lowest BCUT2D eigenvalue weighted by Crippen LogP contribution is -2.26. The molecule has 5 nitrogen and oxygen atoms in total. The molecule has 0 spiro atoms. The van der Waals surface area contributed by atoms with Gasteiger partial charge in [0.1, 0.15) is 17.2 Å². The highest BCUT2D eigenvalue weighted by molar-refractivity contribution is 5.77. The van der Waals surface area contributed by atoms with Crippen molar-refractivity contribution in [2.45, 2.75) is 52.7 Å². The van der Waals surface area contributed by atoms with Crippen molar-refractivity contribution in [3.63, 3.8) is 0 Å². The third kappa shape index (κ3) is 5.25. The van der Waals surface area contributed by atoms with Gasteiger partial charge in [-0.15, -0.1) is 0 Å². The van der Waals surface area contributed by atoms with E-state index in [2.05, 4.69) is 60.9 Å². The Bertz CT molecular complexity index is 1260. The van der Waals surface area contributed by atoms with Crippen LogP contribution >= 0.6 is 0 Å². The zero-order valence-corrected chi connectivity index (χ0v) is 19.8. The maximum absolute atomic E-state index is 12.2. The van der Waals surface area contributed by atoms with Crippen molar-refractivity contribution < 1.29 is 14.3 Å². The number of imidazole rings is 1. The fourth-order valence-corrected chi connectivity index (χ4v) is 3.83. The van der Waals surface area contributed by atoms with Gasteiger partial charge in [0.25, 0.3) is 0 Å². The Hall–Kier alpha value is -3.60. The maximum atomic E-state index is 12.2. The van der Waals surface area contributed by atoms with Crippen LogP contribution < -0.4 is 4.74 Å². The van der Waals surface area contributed by atoms with Crippen LogP contribution in [0.3, 0.4) is 0 Å². The van der Waals surface area contributed by atoms with Gasteiger partial charge in [0.15, 0.2) is 0 Å². The number of carbonyl (C=O) groups excluding carboxylic acids is 1. The smallest absolute Gasteiger partial charge is 0.428 e. The van der Waals surface area contributed by atoms with E-state index in [9.17, 15) is 4.79 Å². The fourth-order valence-electron chi connectivity index (χ4n) is 3.83. The van der Waals surface area contributed by atoms with Crippen LogP contribution in [0.5, 0.6) is 5.75 Å². The van der Waals surface area contributed by atoms with Gasteiger partial charge in [-0.25, -0.2) is 9.78 Å². The molecule has 0 saturated heterocycles. The second-order valence-corrected chi connectivity index (χ2v) is 9.46. The van der Waals surface area contributed by atoms with E-state index in [1.165, 1.54) is 5.56 Å². The molecule has 0 radical (unpaired) electrons. The van der Waals surface area contributed by atoms with Crippen LogP contribution in [0.15, 0.2) is 72.8 Å². The number of hydrogen-bond donors (Lipinski definition) is 0. The van der Waals surface area contributed by atoms with Crippen LogP contribution in [0.25, 0.3) is 22.2 Å². The van der Waals surface area contributed by atoms with Crippen molar-refractivity contribution in [1.82, 2.24) is 9.55 Å². The summed E-state index contributed by atoms with van der Waals surface area (Å²) in [6.07, 6.45) is -0.709. The first kappa shape index (κ1) is 22.6. The number of carbonyl (C=O) groups is 1. The van der Waals surface area contributed by atoms with Crippen molar-refractivity contribution >= 4 is 17.2 Å². The minimum atomic E-state index is -0.709. The molecular weight excluding hydrogens is 412 g/mol. The van der Waals surface area contributed by atoms with Crippen LogP contribution in [0.2, 0.25) is 0 Å². The minimum absolute atomic E-state index is 0.327. The lowest BCUT2D eigenvalue weighted by Gasteiger charge is -2.19. The Kier molecular flexibility index (Phi) is 6.23. The van der Waals surface area contributed by atoms with E-state index in [4.69, 9.17) is 14.5 Å². The highest BCUT2D eigenvalue weighted by Crippen LogP contribution is 2.31. The summed E-state index contributed by atoms with van der Waals surface area (Å²) in [5.41, 5.74) is 4.53. The molecular formula is C28H30N2O3. The molecule has 170 valence electrons. The number of rotatable bonds is 5. The molecule has 5 heteroatoms. The molecule has 1 aromatic heterocycles. The summed E-state index contributed by atoms with van der Waals surface area (Å²) in [4.78, 5) is 17.0. The number of aromatic nitrogens is 2. The van der Waals surface area contributed by atoms with Gasteiger partial charge in [0.2, 0.25) is 0 Å². The summed E-state index contributed by atoms with van der Waals surface area (Å²) in [7, 11) is 0. The second-order valence-electron chi connectivity index (χ2n) is 9.46. The van der Waals surface area contributed by atoms with Gasteiger partial charge in [0.05, 0.1) is 11.0 Å². The van der Waals surface area contributed by atoms with Crippen molar-refractivity contribution in [3.05, 3.63) is 84.2 Å². The summed E-state index contributed by atoms with van der Waals surface area (Å²) in [5, 5.41) is 0. The van der Waals surface area contributed by atoms with Crippen molar-refractivity contribution in [2.75, 3.05) is 0 Å². The quantitative estimate of drug-likeness (QED) is 0.242. The number of para-hydroxylation sites is 3. The van der Waals surface area contributed by atoms with Crippen molar-refractivity contribution in [1.29, 1.82) is 0 Å². The molecule has 3 aromatic carbocycles. The minimum Gasteiger partial charge on any atom is -0.428 e. The molecule has 0 saturated carbocycles. The maximum Gasteiger partial charge on any atom is 0.514 e. The third-order valence-corrected chi connectivity index (χ3v) is 5.28. The monoisotopic (exact) mass is 442 g/mol. The average molecular weight is 443 g/mol. The summed E-state index contributed by atoms with van der Waals surface area (Å²) >= 11 is 0. The zero-order valence-electron chi connectivity index (χ0n) is 19.8. The number of fused-ring (bicyclic) bond motifs is 1. The fraction of sp³-hybridized carbons (Fsp3) is 0.286. The van der Waals surface area contributed by atoms with Gasteiger partial charge in [-0.3, -0.25) is 0 Å². The second kappa shape index (κ2) is 9.10. The van der Waals surface area contributed by atoms with Crippen molar-refractivity contribution in [3.8, 4) is 16.9 Å². The predicted molar refractivity (Wildman–Crippen MR) is 132 cm³/mol. The summed E-state index contributed by atoms with van der Waals surface area (Å²) in [6.45, 7) is 10.5. The van der Waals surface area contributed by atoms with Gasteiger partial charge in [-0.1, -0.05) is 68.4 Å². The first-order valence-corrected chi connectivity index (χ1v) is 11.3. The summed E-state index contributed by atoms with van der Waals surface area (Å²) in [6, 6.07) is 24.1.